The van der Waals surface area contributed by atoms with Gasteiger partial charge in [0, 0.05) is 30.9 Å². The maximum atomic E-state index is 13.1. The van der Waals surface area contributed by atoms with Crippen LogP contribution in [0, 0.1) is 5.92 Å². The number of fused-ring (bicyclic) bond motifs is 1. The van der Waals surface area contributed by atoms with Crippen molar-refractivity contribution in [2.45, 2.75) is 38.1 Å². The number of hydrogen-bond acceptors (Lipinski definition) is 5. The van der Waals surface area contributed by atoms with E-state index in [9.17, 15) is 9.59 Å². The first-order valence-corrected chi connectivity index (χ1v) is 11.3. The molecule has 1 unspecified atom stereocenters. The first-order valence-electron chi connectivity index (χ1n) is 11.3. The van der Waals surface area contributed by atoms with Crippen LogP contribution in [0.4, 0.5) is 10.5 Å². The number of carbonyl (C=O) groups is 2. The first kappa shape index (κ1) is 22.9. The first-order chi connectivity index (χ1) is 16.0. The highest BCUT2D eigenvalue weighted by molar-refractivity contribution is 5.93. The lowest BCUT2D eigenvalue weighted by Crippen LogP contribution is -2.54. The predicted octanol–water partition coefficient (Wildman–Crippen LogP) is 3.43. The van der Waals surface area contributed by atoms with Gasteiger partial charge in [-0.2, -0.15) is 0 Å². The Kier molecular flexibility index (Phi) is 7.03. The molecule has 0 spiro atoms. The largest absolute Gasteiger partial charge is 0.454 e. The molecule has 0 aromatic heterocycles. The van der Waals surface area contributed by atoms with Gasteiger partial charge in [-0.3, -0.25) is 4.79 Å². The van der Waals surface area contributed by atoms with Gasteiger partial charge in [-0.25, -0.2) is 4.79 Å². The summed E-state index contributed by atoms with van der Waals surface area (Å²) in [5, 5.41) is 8.69. The molecule has 4 rings (SSSR count). The monoisotopic (exact) mass is 453 g/mol. The summed E-state index contributed by atoms with van der Waals surface area (Å²) in [6.07, 6.45) is 1.56. The molecule has 0 radical (unpaired) electrons. The van der Waals surface area contributed by atoms with Crippen LogP contribution in [0.25, 0.3) is 0 Å². The fourth-order valence-corrected chi connectivity index (χ4v) is 4.29. The molecule has 176 valence electrons. The quantitative estimate of drug-likeness (QED) is 0.597. The lowest BCUT2D eigenvalue weighted by molar-refractivity contribution is -0.124. The number of hydrogen-bond donors (Lipinski definition) is 3. The molecule has 1 saturated heterocycles. The third-order valence-electron chi connectivity index (χ3n) is 6.30. The van der Waals surface area contributed by atoms with Gasteiger partial charge < -0.3 is 30.2 Å². The van der Waals surface area contributed by atoms with E-state index >= 15 is 0 Å². The van der Waals surface area contributed by atoms with Crippen molar-refractivity contribution in [3.63, 3.8) is 0 Å². The Balaban J connectivity index is 1.43. The summed E-state index contributed by atoms with van der Waals surface area (Å²) in [5.74, 6) is 1.17. The van der Waals surface area contributed by atoms with Crippen molar-refractivity contribution in [2.24, 2.45) is 5.92 Å². The lowest BCUT2D eigenvalue weighted by Gasteiger charge is -2.38. The van der Waals surface area contributed by atoms with Crippen LogP contribution < -0.4 is 25.4 Å². The topological polar surface area (TPSA) is 97.9 Å². The average Bonchev–Trinajstić information content (AvgIpc) is 3.30. The highest BCUT2D eigenvalue weighted by Gasteiger charge is 2.37. The van der Waals surface area contributed by atoms with E-state index < -0.39 is 12.1 Å². The zero-order valence-electron chi connectivity index (χ0n) is 19.1. The van der Waals surface area contributed by atoms with E-state index in [1.165, 1.54) is 0 Å². The van der Waals surface area contributed by atoms with Crippen molar-refractivity contribution in [1.82, 2.24) is 10.6 Å². The van der Waals surface area contributed by atoms with E-state index in [4.69, 9.17) is 14.2 Å². The number of ether oxygens (including phenoxy) is 3. The van der Waals surface area contributed by atoms with E-state index in [0.717, 1.165) is 29.9 Å². The Morgan fingerprint density at radius 1 is 1.00 bits per heavy atom. The van der Waals surface area contributed by atoms with Crippen molar-refractivity contribution in [1.29, 1.82) is 0 Å². The second-order valence-electron chi connectivity index (χ2n) is 8.86. The van der Waals surface area contributed by atoms with E-state index in [1.54, 1.807) is 12.1 Å². The number of urea groups is 1. The smallest absolute Gasteiger partial charge is 0.319 e. The second-order valence-corrected chi connectivity index (χ2v) is 8.86. The predicted molar refractivity (Wildman–Crippen MR) is 125 cm³/mol. The van der Waals surface area contributed by atoms with Crippen LogP contribution in [0.3, 0.4) is 0 Å². The van der Waals surface area contributed by atoms with Crippen LogP contribution in [0.2, 0.25) is 0 Å². The summed E-state index contributed by atoms with van der Waals surface area (Å²) in [6, 6.07) is 14.0. The Labute approximate surface area is 194 Å². The highest BCUT2D eigenvalue weighted by Crippen LogP contribution is 2.40. The van der Waals surface area contributed by atoms with Gasteiger partial charge >= 0.3 is 6.03 Å². The molecule has 1 atom stereocenters. The van der Waals surface area contributed by atoms with Gasteiger partial charge in [0.25, 0.3) is 0 Å². The van der Waals surface area contributed by atoms with Crippen molar-refractivity contribution in [2.75, 3.05) is 31.9 Å². The van der Waals surface area contributed by atoms with Crippen molar-refractivity contribution in [3.8, 4) is 11.5 Å². The van der Waals surface area contributed by atoms with Crippen LogP contribution >= 0.6 is 0 Å². The fourth-order valence-electron chi connectivity index (χ4n) is 4.29. The van der Waals surface area contributed by atoms with Crippen molar-refractivity contribution >= 4 is 17.6 Å². The molecule has 2 aromatic rings. The number of amides is 3. The van der Waals surface area contributed by atoms with Crippen LogP contribution in [0.5, 0.6) is 11.5 Å². The molecule has 8 heteroatoms. The van der Waals surface area contributed by atoms with Crippen LogP contribution in [-0.2, 0) is 14.9 Å². The van der Waals surface area contributed by atoms with E-state index in [0.29, 0.717) is 25.4 Å². The second kappa shape index (κ2) is 10.1. The molecule has 3 amide bonds. The Morgan fingerprint density at radius 2 is 1.73 bits per heavy atom. The lowest BCUT2D eigenvalue weighted by atomic mass is 9.74. The molecule has 0 aliphatic carbocycles. The minimum atomic E-state index is -0.664. The van der Waals surface area contributed by atoms with Crippen LogP contribution in [0.15, 0.2) is 48.5 Å². The number of benzene rings is 2. The van der Waals surface area contributed by atoms with Crippen molar-refractivity contribution < 1.29 is 23.8 Å². The summed E-state index contributed by atoms with van der Waals surface area (Å²) in [5.41, 5.74) is 1.48. The van der Waals surface area contributed by atoms with Crippen LogP contribution in [0.1, 0.15) is 32.3 Å². The molecule has 0 saturated carbocycles. The van der Waals surface area contributed by atoms with Gasteiger partial charge in [0.1, 0.15) is 6.04 Å². The molecule has 33 heavy (non-hydrogen) atoms. The molecular weight excluding hydrogens is 422 g/mol. The van der Waals surface area contributed by atoms with Gasteiger partial charge in [0.15, 0.2) is 11.5 Å². The molecule has 0 bridgehead atoms. The molecule has 2 aromatic carbocycles. The van der Waals surface area contributed by atoms with Gasteiger partial charge in [-0.15, -0.1) is 0 Å². The summed E-state index contributed by atoms with van der Waals surface area (Å²) in [6.45, 7) is 5.73. The molecule has 2 heterocycles. The number of para-hydroxylation sites is 1. The van der Waals surface area contributed by atoms with E-state index in [-0.39, 0.29) is 24.0 Å². The minimum absolute atomic E-state index is 0.0808. The maximum Gasteiger partial charge on any atom is 0.319 e. The normalized spacial score (nSPS) is 17.3. The molecule has 1 fully saturated rings. The number of anilines is 1. The molecule has 3 N–H and O–H groups in total. The number of rotatable bonds is 7. The zero-order chi connectivity index (χ0) is 23.3. The van der Waals surface area contributed by atoms with Gasteiger partial charge in [0.05, 0.1) is 0 Å². The maximum absolute atomic E-state index is 13.1. The van der Waals surface area contributed by atoms with Gasteiger partial charge in [-0.05, 0) is 48.6 Å². The molecule has 2 aliphatic heterocycles. The standard InChI is InChI=1S/C25H31N3O5/c1-17(2)22(28-24(30)27-19-6-4-3-5-7-19)23(29)26-15-25(10-12-31-13-11-25)18-8-9-20-21(14-18)33-16-32-20/h3-9,14,17,22H,10-13,15-16H2,1-2H3,(H,26,29)(H2,27,28,30). The minimum Gasteiger partial charge on any atom is -0.454 e. The summed E-state index contributed by atoms with van der Waals surface area (Å²) in [4.78, 5) is 25.6. The fraction of sp³-hybridized carbons (Fsp3) is 0.440. The third kappa shape index (κ3) is 5.39. The number of carbonyl (C=O) groups excluding carboxylic acids is 2. The summed E-state index contributed by atoms with van der Waals surface area (Å²) >= 11 is 0. The Morgan fingerprint density at radius 3 is 2.45 bits per heavy atom. The number of nitrogens with one attached hydrogen (secondary N) is 3. The van der Waals surface area contributed by atoms with Gasteiger partial charge in [0.2, 0.25) is 12.7 Å². The molecule has 2 aliphatic rings. The highest BCUT2D eigenvalue weighted by atomic mass is 16.7. The molecular formula is C25H31N3O5. The Bertz CT molecular complexity index is 973. The van der Waals surface area contributed by atoms with Gasteiger partial charge in [-0.1, -0.05) is 38.1 Å². The summed E-state index contributed by atoms with van der Waals surface area (Å²) < 4.78 is 16.6. The Hall–Kier alpha value is -3.26. The third-order valence-corrected chi connectivity index (χ3v) is 6.30. The summed E-state index contributed by atoms with van der Waals surface area (Å²) in [7, 11) is 0. The molecule has 8 nitrogen and oxygen atoms in total. The van der Waals surface area contributed by atoms with Crippen LogP contribution in [-0.4, -0.2) is 44.5 Å². The van der Waals surface area contributed by atoms with E-state index in [1.807, 2.05) is 50.2 Å². The SMILES string of the molecule is CC(C)C(NC(=O)Nc1ccccc1)C(=O)NCC1(c2ccc3c(c2)OCO3)CCOCC1. The zero-order valence-corrected chi connectivity index (χ0v) is 19.1. The average molecular weight is 454 g/mol. The van der Waals surface area contributed by atoms with Crippen molar-refractivity contribution in [3.05, 3.63) is 54.1 Å². The van der Waals surface area contributed by atoms with E-state index in [2.05, 4.69) is 16.0 Å².